The average molecular weight is 240 g/mol. The second-order valence-corrected chi connectivity index (χ2v) is 3.37. The minimum absolute atomic E-state index is 0. The largest absolute Gasteiger partial charge is 0.391 e. The topological polar surface area (TPSA) is 46.2 Å². The summed E-state index contributed by atoms with van der Waals surface area (Å²) >= 11 is 5.56. The number of rotatable bonds is 2. The zero-order valence-corrected chi connectivity index (χ0v) is 9.15. The molecule has 80 valence electrons. The summed E-state index contributed by atoms with van der Waals surface area (Å²) < 4.78 is 13.2. The Morgan fingerprint density at radius 1 is 1.50 bits per heavy atom. The highest BCUT2D eigenvalue weighted by Gasteiger charge is 2.15. The van der Waals surface area contributed by atoms with E-state index in [0.29, 0.717) is 5.02 Å². The maximum Gasteiger partial charge on any atom is 0.129 e. The van der Waals surface area contributed by atoms with Gasteiger partial charge in [0.05, 0.1) is 12.1 Å². The Kier molecular flexibility index (Phi) is 5.37. The van der Waals surface area contributed by atoms with Gasteiger partial charge < -0.3 is 10.8 Å². The number of halogens is 3. The molecule has 0 amide bonds. The Labute approximate surface area is 93.3 Å². The normalized spacial score (nSPS) is 14.4. The summed E-state index contributed by atoms with van der Waals surface area (Å²) in [6, 6.07) is 3.49. The lowest BCUT2D eigenvalue weighted by molar-refractivity contribution is 0.162. The molecule has 2 nitrogen and oxygen atoms in total. The van der Waals surface area contributed by atoms with Gasteiger partial charge in [0.25, 0.3) is 0 Å². The first-order valence-corrected chi connectivity index (χ1v) is 4.28. The number of hydrogen-bond acceptors (Lipinski definition) is 2. The first-order chi connectivity index (χ1) is 6.02. The Morgan fingerprint density at radius 3 is 2.50 bits per heavy atom. The van der Waals surface area contributed by atoms with E-state index in [1.165, 1.54) is 19.1 Å². The first kappa shape index (κ1) is 13.7. The standard InChI is InChI=1S/C9H11ClFNO.ClH/c1-5(13)9(12)7-3-2-6(10)4-8(7)11;/h2-5,9,13H,12H2,1H3;1H/t5-,9-;/m0./s1. The number of aliphatic hydroxyl groups is 1. The predicted molar refractivity (Wildman–Crippen MR) is 57.3 cm³/mol. The summed E-state index contributed by atoms with van der Waals surface area (Å²) in [6.45, 7) is 1.51. The molecule has 0 saturated heterocycles. The van der Waals surface area contributed by atoms with Crippen LogP contribution in [0.15, 0.2) is 18.2 Å². The molecular weight excluding hydrogens is 228 g/mol. The van der Waals surface area contributed by atoms with Crippen LogP contribution in [0.4, 0.5) is 4.39 Å². The smallest absolute Gasteiger partial charge is 0.129 e. The highest BCUT2D eigenvalue weighted by molar-refractivity contribution is 6.30. The molecule has 0 saturated carbocycles. The van der Waals surface area contributed by atoms with E-state index in [1.807, 2.05) is 0 Å². The van der Waals surface area contributed by atoms with Crippen LogP contribution in [-0.4, -0.2) is 11.2 Å². The average Bonchev–Trinajstić information content (AvgIpc) is 2.03. The van der Waals surface area contributed by atoms with E-state index in [9.17, 15) is 4.39 Å². The minimum atomic E-state index is -0.782. The van der Waals surface area contributed by atoms with E-state index >= 15 is 0 Å². The van der Waals surface area contributed by atoms with Gasteiger partial charge in [0, 0.05) is 10.6 Å². The van der Waals surface area contributed by atoms with Gasteiger partial charge in [-0.15, -0.1) is 12.4 Å². The van der Waals surface area contributed by atoms with Crippen molar-refractivity contribution in [2.75, 3.05) is 0 Å². The molecule has 0 aliphatic heterocycles. The summed E-state index contributed by atoms with van der Waals surface area (Å²) in [5.74, 6) is -0.485. The van der Waals surface area contributed by atoms with Gasteiger partial charge in [0.2, 0.25) is 0 Å². The summed E-state index contributed by atoms with van der Waals surface area (Å²) in [7, 11) is 0. The molecule has 1 rings (SSSR count). The third kappa shape index (κ3) is 3.10. The van der Waals surface area contributed by atoms with E-state index in [4.69, 9.17) is 22.4 Å². The van der Waals surface area contributed by atoms with Gasteiger partial charge in [-0.3, -0.25) is 0 Å². The van der Waals surface area contributed by atoms with Crippen molar-refractivity contribution in [2.24, 2.45) is 5.73 Å². The lowest BCUT2D eigenvalue weighted by Crippen LogP contribution is -2.24. The van der Waals surface area contributed by atoms with Gasteiger partial charge in [0.1, 0.15) is 5.82 Å². The maximum atomic E-state index is 13.2. The van der Waals surface area contributed by atoms with Crippen LogP contribution in [0.2, 0.25) is 5.02 Å². The fourth-order valence-corrected chi connectivity index (χ4v) is 1.19. The van der Waals surface area contributed by atoms with Crippen LogP contribution in [0.3, 0.4) is 0 Å². The molecule has 1 aromatic carbocycles. The van der Waals surface area contributed by atoms with E-state index < -0.39 is 18.0 Å². The van der Waals surface area contributed by atoms with E-state index in [2.05, 4.69) is 0 Å². The number of hydrogen-bond donors (Lipinski definition) is 2. The summed E-state index contributed by atoms with van der Waals surface area (Å²) in [6.07, 6.45) is -0.782. The number of nitrogens with two attached hydrogens (primary N) is 1. The third-order valence-corrected chi connectivity index (χ3v) is 2.08. The molecule has 0 bridgehead atoms. The predicted octanol–water partition coefficient (Wildman–Crippen LogP) is 2.28. The molecule has 1 aromatic rings. The molecule has 0 heterocycles. The molecule has 3 N–H and O–H groups in total. The molecule has 0 unspecified atom stereocenters. The van der Waals surface area contributed by atoms with Crippen LogP contribution < -0.4 is 5.73 Å². The van der Waals surface area contributed by atoms with Gasteiger partial charge in [-0.1, -0.05) is 17.7 Å². The Bertz CT molecular complexity index is 307. The van der Waals surface area contributed by atoms with Gasteiger partial charge in [-0.25, -0.2) is 4.39 Å². The zero-order chi connectivity index (χ0) is 10.0. The molecule has 0 aliphatic rings. The summed E-state index contributed by atoms with van der Waals surface area (Å²) in [5, 5.41) is 9.46. The first-order valence-electron chi connectivity index (χ1n) is 3.91. The summed E-state index contributed by atoms with van der Waals surface area (Å²) in [5.41, 5.74) is 5.83. The van der Waals surface area contributed by atoms with Gasteiger partial charge in [-0.05, 0) is 19.1 Å². The molecule has 0 fully saturated rings. The van der Waals surface area contributed by atoms with Crippen molar-refractivity contribution in [1.29, 1.82) is 0 Å². The second kappa shape index (κ2) is 5.51. The van der Waals surface area contributed by atoms with Crippen molar-refractivity contribution in [3.8, 4) is 0 Å². The van der Waals surface area contributed by atoms with Crippen molar-refractivity contribution in [2.45, 2.75) is 19.1 Å². The van der Waals surface area contributed by atoms with Crippen LogP contribution in [0, 0.1) is 5.82 Å². The quantitative estimate of drug-likeness (QED) is 0.832. The monoisotopic (exact) mass is 239 g/mol. The Hall–Kier alpha value is -0.350. The highest BCUT2D eigenvalue weighted by atomic mass is 35.5. The zero-order valence-electron chi connectivity index (χ0n) is 7.58. The van der Waals surface area contributed by atoms with Gasteiger partial charge >= 0.3 is 0 Å². The molecule has 0 spiro atoms. The third-order valence-electron chi connectivity index (χ3n) is 1.84. The molecule has 5 heteroatoms. The Balaban J connectivity index is 0.00000169. The highest BCUT2D eigenvalue weighted by Crippen LogP contribution is 2.21. The van der Waals surface area contributed by atoms with Crippen molar-refractivity contribution in [3.63, 3.8) is 0 Å². The number of benzene rings is 1. The fourth-order valence-electron chi connectivity index (χ4n) is 1.03. The second-order valence-electron chi connectivity index (χ2n) is 2.93. The van der Waals surface area contributed by atoms with Crippen LogP contribution >= 0.6 is 24.0 Å². The van der Waals surface area contributed by atoms with Crippen LogP contribution in [0.1, 0.15) is 18.5 Å². The minimum Gasteiger partial charge on any atom is -0.391 e. The molecule has 0 radical (unpaired) electrons. The van der Waals surface area contributed by atoms with Gasteiger partial charge in [0.15, 0.2) is 0 Å². The van der Waals surface area contributed by atoms with Crippen molar-refractivity contribution in [1.82, 2.24) is 0 Å². The van der Waals surface area contributed by atoms with Crippen LogP contribution in [0.25, 0.3) is 0 Å². The summed E-state index contributed by atoms with van der Waals surface area (Å²) in [4.78, 5) is 0. The SMILES string of the molecule is C[C@H](O)[C@H](N)c1ccc(Cl)cc1F.Cl. The van der Waals surface area contributed by atoms with E-state index in [-0.39, 0.29) is 18.0 Å². The number of aliphatic hydroxyl groups excluding tert-OH is 1. The van der Waals surface area contributed by atoms with E-state index in [1.54, 1.807) is 6.07 Å². The lowest BCUT2D eigenvalue weighted by Gasteiger charge is -2.15. The Morgan fingerprint density at radius 2 is 2.07 bits per heavy atom. The fraction of sp³-hybridized carbons (Fsp3) is 0.333. The molecule has 14 heavy (non-hydrogen) atoms. The molecule has 2 atom stereocenters. The van der Waals surface area contributed by atoms with Gasteiger partial charge in [-0.2, -0.15) is 0 Å². The van der Waals surface area contributed by atoms with Crippen LogP contribution in [-0.2, 0) is 0 Å². The van der Waals surface area contributed by atoms with Crippen molar-refractivity contribution < 1.29 is 9.50 Å². The van der Waals surface area contributed by atoms with Crippen LogP contribution in [0.5, 0.6) is 0 Å². The van der Waals surface area contributed by atoms with Crippen molar-refractivity contribution >= 4 is 24.0 Å². The molecular formula is C9H12Cl2FNO. The molecule has 0 aliphatic carbocycles. The lowest BCUT2D eigenvalue weighted by atomic mass is 10.0. The van der Waals surface area contributed by atoms with Crippen molar-refractivity contribution in [3.05, 3.63) is 34.6 Å². The molecule has 0 aromatic heterocycles. The van der Waals surface area contributed by atoms with E-state index in [0.717, 1.165) is 0 Å². The maximum absolute atomic E-state index is 13.2.